The first-order chi connectivity index (χ1) is 15.5. The number of benzene rings is 2. The Bertz CT molecular complexity index is 1040. The maximum absolute atomic E-state index is 13.5. The number of carbonyl (C=O) groups is 2. The summed E-state index contributed by atoms with van der Waals surface area (Å²) in [5, 5.41) is 0. The first-order valence-corrected chi connectivity index (χ1v) is 13.2. The number of rotatable bonds is 7. The minimum Gasteiger partial charge on any atom is -0.459 e. The van der Waals surface area contributed by atoms with Gasteiger partial charge in [-0.1, -0.05) is 66.2 Å². The van der Waals surface area contributed by atoms with Crippen molar-refractivity contribution in [2.45, 2.75) is 39.5 Å². The summed E-state index contributed by atoms with van der Waals surface area (Å²) in [5.41, 5.74) is 2.62. The first-order valence-electron chi connectivity index (χ1n) is 10.6. The van der Waals surface area contributed by atoms with Gasteiger partial charge in [0.1, 0.15) is 18.9 Å². The number of amides is 2. The lowest BCUT2D eigenvalue weighted by Crippen LogP contribution is -2.54. The van der Waals surface area contributed by atoms with Crippen molar-refractivity contribution in [2.75, 3.05) is 12.8 Å². The highest BCUT2D eigenvalue weighted by Crippen LogP contribution is 2.36. The molecule has 1 unspecified atom stereocenters. The zero-order valence-electron chi connectivity index (χ0n) is 18.6. The van der Waals surface area contributed by atoms with Crippen molar-refractivity contribution in [2.24, 2.45) is 5.92 Å². The smallest absolute Gasteiger partial charge is 0.344 e. The molecule has 2 aromatic carbocycles. The lowest BCUT2D eigenvalue weighted by molar-refractivity contribution is -0.151. The standard InChI is InChI=1S/C23H28BrN2O6P/c1-16(2)12-25(15-33(29,30)31)23(28)26-13-18-8-9-20(24)10-19(18)11-21(26)22(27)32-14-17-6-4-3-5-7-17/h3-10,16,21H,11-15H2,1-2H3,(H2,29,30,31). The van der Waals surface area contributed by atoms with Crippen LogP contribution in [0.15, 0.2) is 53.0 Å². The van der Waals surface area contributed by atoms with E-state index in [-0.39, 0.29) is 32.0 Å². The maximum Gasteiger partial charge on any atom is 0.344 e. The van der Waals surface area contributed by atoms with Gasteiger partial charge in [0.2, 0.25) is 0 Å². The Balaban J connectivity index is 1.88. The monoisotopic (exact) mass is 538 g/mol. The summed E-state index contributed by atoms with van der Waals surface area (Å²) in [4.78, 5) is 48.1. The van der Waals surface area contributed by atoms with E-state index in [1.807, 2.05) is 62.4 Å². The third-order valence-corrected chi connectivity index (χ3v) is 6.45. The van der Waals surface area contributed by atoms with E-state index < -0.39 is 31.9 Å². The van der Waals surface area contributed by atoms with E-state index in [9.17, 15) is 23.9 Å². The van der Waals surface area contributed by atoms with Crippen LogP contribution in [-0.4, -0.2) is 50.5 Å². The summed E-state index contributed by atoms with van der Waals surface area (Å²) in [6.07, 6.45) is -0.459. The van der Waals surface area contributed by atoms with Crippen LogP contribution >= 0.6 is 23.5 Å². The van der Waals surface area contributed by atoms with Crippen LogP contribution in [0.5, 0.6) is 0 Å². The molecule has 0 saturated heterocycles. The number of ether oxygens (including phenoxy) is 1. The van der Waals surface area contributed by atoms with Gasteiger partial charge >= 0.3 is 19.6 Å². The molecule has 2 N–H and O–H groups in total. The topological polar surface area (TPSA) is 107 Å². The Morgan fingerprint density at radius 2 is 1.88 bits per heavy atom. The maximum atomic E-state index is 13.5. The predicted octanol–water partition coefficient (Wildman–Crippen LogP) is 4.13. The Hall–Kier alpha value is -2.19. The third-order valence-electron chi connectivity index (χ3n) is 5.25. The van der Waals surface area contributed by atoms with Crippen LogP contribution in [0.3, 0.4) is 0 Å². The van der Waals surface area contributed by atoms with E-state index in [1.165, 1.54) is 4.90 Å². The van der Waals surface area contributed by atoms with Crippen LogP contribution in [0.2, 0.25) is 0 Å². The largest absolute Gasteiger partial charge is 0.459 e. The van der Waals surface area contributed by atoms with E-state index in [0.29, 0.717) is 0 Å². The molecular weight excluding hydrogens is 511 g/mol. The van der Waals surface area contributed by atoms with Gasteiger partial charge in [-0.15, -0.1) is 0 Å². The minimum atomic E-state index is -4.50. The first kappa shape index (κ1) is 25.4. The SMILES string of the molecule is CC(C)CN(CP(=O)(O)O)C(=O)N1Cc2ccc(Br)cc2CC1C(=O)OCc1ccccc1. The number of hydrogen-bond donors (Lipinski definition) is 2. The average molecular weight is 539 g/mol. The van der Waals surface area contributed by atoms with Gasteiger partial charge in [-0.3, -0.25) is 4.57 Å². The molecule has 1 atom stereocenters. The second kappa shape index (κ2) is 10.8. The van der Waals surface area contributed by atoms with E-state index >= 15 is 0 Å². The van der Waals surface area contributed by atoms with Crippen LogP contribution in [0, 0.1) is 5.92 Å². The number of halogens is 1. The van der Waals surface area contributed by atoms with Crippen molar-refractivity contribution >= 4 is 35.5 Å². The Kier molecular flexibility index (Phi) is 8.34. The number of esters is 1. The number of hydrogen-bond acceptors (Lipinski definition) is 4. The second-order valence-corrected chi connectivity index (χ2v) is 11.1. The molecule has 0 spiro atoms. The molecule has 0 aliphatic carbocycles. The number of urea groups is 1. The van der Waals surface area contributed by atoms with Gasteiger partial charge in [0, 0.05) is 24.0 Å². The van der Waals surface area contributed by atoms with Crippen molar-refractivity contribution in [3.8, 4) is 0 Å². The number of nitrogens with zero attached hydrogens (tertiary/aromatic N) is 2. The molecule has 33 heavy (non-hydrogen) atoms. The fraction of sp³-hybridized carbons (Fsp3) is 0.391. The molecule has 0 bridgehead atoms. The zero-order valence-corrected chi connectivity index (χ0v) is 21.0. The van der Waals surface area contributed by atoms with Gasteiger partial charge < -0.3 is 24.3 Å². The van der Waals surface area contributed by atoms with E-state index in [0.717, 1.165) is 26.1 Å². The van der Waals surface area contributed by atoms with Crippen LogP contribution < -0.4 is 0 Å². The van der Waals surface area contributed by atoms with E-state index in [1.54, 1.807) is 0 Å². The molecule has 178 valence electrons. The average Bonchev–Trinajstić information content (AvgIpc) is 2.75. The molecule has 2 amide bonds. The molecule has 3 rings (SSSR count). The Morgan fingerprint density at radius 3 is 2.52 bits per heavy atom. The minimum absolute atomic E-state index is 0.0167. The molecule has 10 heteroatoms. The fourth-order valence-electron chi connectivity index (χ4n) is 3.83. The predicted molar refractivity (Wildman–Crippen MR) is 127 cm³/mol. The number of fused-ring (bicyclic) bond motifs is 1. The zero-order chi connectivity index (χ0) is 24.2. The molecule has 0 saturated carbocycles. The molecule has 2 aromatic rings. The summed E-state index contributed by atoms with van der Waals surface area (Å²) < 4.78 is 18.1. The molecule has 1 heterocycles. The molecule has 0 aromatic heterocycles. The third kappa shape index (κ3) is 7.14. The Morgan fingerprint density at radius 1 is 1.18 bits per heavy atom. The highest BCUT2D eigenvalue weighted by atomic mass is 79.9. The van der Waals surface area contributed by atoms with Crippen LogP contribution in [-0.2, 0) is 33.7 Å². The number of carbonyl (C=O) groups excluding carboxylic acids is 2. The van der Waals surface area contributed by atoms with Crippen LogP contribution in [0.25, 0.3) is 0 Å². The van der Waals surface area contributed by atoms with E-state index in [4.69, 9.17) is 4.74 Å². The quantitative estimate of drug-likeness (QED) is 0.405. The van der Waals surface area contributed by atoms with Gasteiger partial charge in [-0.25, -0.2) is 9.59 Å². The van der Waals surface area contributed by atoms with Gasteiger partial charge in [0.15, 0.2) is 0 Å². The molecular formula is C23H28BrN2O6P. The molecule has 8 nitrogen and oxygen atoms in total. The van der Waals surface area contributed by atoms with Crippen molar-refractivity contribution in [1.82, 2.24) is 9.80 Å². The Labute approximate surface area is 201 Å². The van der Waals surface area contributed by atoms with Crippen molar-refractivity contribution in [1.29, 1.82) is 0 Å². The van der Waals surface area contributed by atoms with Gasteiger partial charge in [0.25, 0.3) is 0 Å². The molecule has 0 radical (unpaired) electrons. The molecule has 0 fully saturated rings. The fourth-order valence-corrected chi connectivity index (χ4v) is 4.92. The van der Waals surface area contributed by atoms with Crippen molar-refractivity contribution in [3.63, 3.8) is 0 Å². The second-order valence-electron chi connectivity index (χ2n) is 8.56. The van der Waals surface area contributed by atoms with Crippen LogP contribution in [0.1, 0.15) is 30.5 Å². The lowest BCUT2D eigenvalue weighted by atomic mass is 9.94. The van der Waals surface area contributed by atoms with E-state index in [2.05, 4.69) is 15.9 Å². The molecule has 1 aliphatic rings. The lowest BCUT2D eigenvalue weighted by Gasteiger charge is -2.39. The summed E-state index contributed by atoms with van der Waals surface area (Å²) in [7, 11) is -4.50. The van der Waals surface area contributed by atoms with Crippen LogP contribution in [0.4, 0.5) is 4.79 Å². The summed E-state index contributed by atoms with van der Waals surface area (Å²) >= 11 is 3.44. The van der Waals surface area contributed by atoms with Gasteiger partial charge in [-0.05, 0) is 34.7 Å². The summed E-state index contributed by atoms with van der Waals surface area (Å²) in [5.74, 6) is -0.574. The van der Waals surface area contributed by atoms with Gasteiger partial charge in [-0.2, -0.15) is 0 Å². The summed E-state index contributed by atoms with van der Waals surface area (Å²) in [6, 6.07) is 13.4. The van der Waals surface area contributed by atoms with Gasteiger partial charge in [0.05, 0.1) is 0 Å². The molecule has 1 aliphatic heterocycles. The highest BCUT2D eigenvalue weighted by Gasteiger charge is 2.39. The van der Waals surface area contributed by atoms with Crippen molar-refractivity contribution in [3.05, 3.63) is 69.7 Å². The normalized spacial score (nSPS) is 15.8. The highest BCUT2D eigenvalue weighted by molar-refractivity contribution is 9.10. The summed E-state index contributed by atoms with van der Waals surface area (Å²) in [6.45, 7) is 4.08. The van der Waals surface area contributed by atoms with Crippen molar-refractivity contribution < 1.29 is 28.7 Å².